The van der Waals surface area contributed by atoms with Crippen LogP contribution in [0, 0.1) is 11.3 Å². The maximum Gasteiger partial charge on any atom is 0.225 e. The lowest BCUT2D eigenvalue weighted by Gasteiger charge is -2.07. The molecule has 0 aliphatic rings. The molecule has 2 N–H and O–H groups in total. The van der Waals surface area contributed by atoms with Gasteiger partial charge in [-0.15, -0.1) is 0 Å². The van der Waals surface area contributed by atoms with E-state index in [4.69, 9.17) is 5.26 Å². The summed E-state index contributed by atoms with van der Waals surface area (Å²) in [5.41, 5.74) is 1.07. The van der Waals surface area contributed by atoms with Gasteiger partial charge in [0, 0.05) is 13.0 Å². The molecule has 4 heteroatoms. The van der Waals surface area contributed by atoms with Crippen LogP contribution in [0.2, 0.25) is 0 Å². The highest BCUT2D eigenvalue weighted by atomic mass is 16.1. The van der Waals surface area contributed by atoms with Crippen LogP contribution in [0.5, 0.6) is 0 Å². The lowest BCUT2D eigenvalue weighted by Crippen LogP contribution is -2.22. The Morgan fingerprint density at radius 3 is 2.82 bits per heavy atom. The minimum absolute atomic E-state index is 0.0729. The van der Waals surface area contributed by atoms with E-state index in [1.165, 1.54) is 0 Å². The molecule has 1 amide bonds. The van der Waals surface area contributed by atoms with Crippen LogP contribution in [0.1, 0.15) is 25.3 Å². The van der Waals surface area contributed by atoms with Gasteiger partial charge in [-0.3, -0.25) is 4.79 Å². The first-order chi connectivity index (χ1) is 8.27. The third-order valence-electron chi connectivity index (χ3n) is 2.28. The minimum Gasteiger partial charge on any atom is -0.325 e. The van der Waals surface area contributed by atoms with E-state index in [9.17, 15) is 4.79 Å². The maximum atomic E-state index is 11.6. The molecular weight excluding hydrogens is 214 g/mol. The number of benzene rings is 1. The molecule has 0 saturated heterocycles. The standard InChI is InChI=1S/C13H17N3O/c1-2-8-15-9-7-13(17)16-12-6-4-3-5-11(12)10-14/h3-6,15H,2,7-9H2,1H3,(H,16,17). The number of hydrogen-bond acceptors (Lipinski definition) is 3. The molecule has 0 unspecified atom stereocenters. The van der Waals surface area contributed by atoms with Crippen LogP contribution in [0.25, 0.3) is 0 Å². The summed E-state index contributed by atoms with van der Waals surface area (Å²) < 4.78 is 0. The van der Waals surface area contributed by atoms with Crippen LogP contribution in [0.3, 0.4) is 0 Å². The normalized spacial score (nSPS) is 9.65. The Kier molecular flexibility index (Phi) is 5.76. The topological polar surface area (TPSA) is 64.9 Å². The second kappa shape index (κ2) is 7.42. The van der Waals surface area contributed by atoms with Gasteiger partial charge in [0.25, 0.3) is 0 Å². The van der Waals surface area contributed by atoms with Crippen molar-refractivity contribution in [2.45, 2.75) is 19.8 Å². The summed E-state index contributed by atoms with van der Waals surface area (Å²) in [6, 6.07) is 9.04. The number of rotatable bonds is 6. The van der Waals surface area contributed by atoms with Crippen LogP contribution < -0.4 is 10.6 Å². The number of amides is 1. The van der Waals surface area contributed by atoms with Gasteiger partial charge in [0.1, 0.15) is 6.07 Å². The average molecular weight is 231 g/mol. The largest absolute Gasteiger partial charge is 0.325 e. The zero-order valence-electron chi connectivity index (χ0n) is 9.99. The number of nitrogens with zero attached hydrogens (tertiary/aromatic N) is 1. The van der Waals surface area contributed by atoms with Crippen molar-refractivity contribution in [2.24, 2.45) is 0 Å². The second-order valence-electron chi connectivity index (χ2n) is 3.71. The Balaban J connectivity index is 2.43. The molecule has 0 spiro atoms. The van der Waals surface area contributed by atoms with Gasteiger partial charge >= 0.3 is 0 Å². The summed E-state index contributed by atoms with van der Waals surface area (Å²) in [7, 11) is 0. The van der Waals surface area contributed by atoms with Crippen molar-refractivity contribution < 1.29 is 4.79 Å². The van der Waals surface area contributed by atoms with Gasteiger partial charge in [0.15, 0.2) is 0 Å². The Labute approximate surface area is 102 Å². The SMILES string of the molecule is CCCNCCC(=O)Nc1ccccc1C#N. The monoisotopic (exact) mass is 231 g/mol. The lowest BCUT2D eigenvalue weighted by molar-refractivity contribution is -0.116. The van der Waals surface area contributed by atoms with Gasteiger partial charge in [0.2, 0.25) is 5.91 Å². The van der Waals surface area contributed by atoms with E-state index in [-0.39, 0.29) is 5.91 Å². The molecule has 0 radical (unpaired) electrons. The molecule has 0 bridgehead atoms. The molecule has 1 aromatic rings. The van der Waals surface area contributed by atoms with Crippen molar-refractivity contribution in [1.29, 1.82) is 5.26 Å². The Morgan fingerprint density at radius 1 is 1.35 bits per heavy atom. The molecule has 0 atom stereocenters. The predicted octanol–water partition coefficient (Wildman–Crippen LogP) is 1.89. The Morgan fingerprint density at radius 2 is 2.12 bits per heavy atom. The first-order valence-corrected chi connectivity index (χ1v) is 5.77. The fraction of sp³-hybridized carbons (Fsp3) is 0.385. The van der Waals surface area contributed by atoms with E-state index >= 15 is 0 Å². The lowest BCUT2D eigenvalue weighted by atomic mass is 10.2. The molecule has 0 aliphatic carbocycles. The molecule has 0 aromatic heterocycles. The summed E-state index contributed by atoms with van der Waals surface area (Å²) in [5.74, 6) is -0.0729. The van der Waals surface area contributed by atoms with E-state index in [1.54, 1.807) is 24.3 Å². The van der Waals surface area contributed by atoms with Crippen LogP contribution in [-0.2, 0) is 4.79 Å². The number of hydrogen-bond donors (Lipinski definition) is 2. The van der Waals surface area contributed by atoms with Gasteiger partial charge < -0.3 is 10.6 Å². The first-order valence-electron chi connectivity index (χ1n) is 5.77. The van der Waals surface area contributed by atoms with E-state index in [0.29, 0.717) is 24.2 Å². The van der Waals surface area contributed by atoms with Crippen molar-refractivity contribution in [3.63, 3.8) is 0 Å². The molecule has 4 nitrogen and oxygen atoms in total. The van der Waals surface area contributed by atoms with E-state index in [0.717, 1.165) is 13.0 Å². The molecule has 17 heavy (non-hydrogen) atoms. The predicted molar refractivity (Wildman–Crippen MR) is 67.6 cm³/mol. The first kappa shape index (κ1) is 13.2. The fourth-order valence-corrected chi connectivity index (χ4v) is 1.41. The summed E-state index contributed by atoms with van der Waals surface area (Å²) >= 11 is 0. The maximum absolute atomic E-state index is 11.6. The molecule has 0 heterocycles. The van der Waals surface area contributed by atoms with Crippen molar-refractivity contribution in [1.82, 2.24) is 5.32 Å². The summed E-state index contributed by atoms with van der Waals surface area (Å²) in [6.45, 7) is 3.66. The van der Waals surface area contributed by atoms with Crippen LogP contribution >= 0.6 is 0 Å². The third-order valence-corrected chi connectivity index (χ3v) is 2.28. The van der Waals surface area contributed by atoms with Crippen molar-refractivity contribution in [2.75, 3.05) is 18.4 Å². The molecule has 0 aliphatic heterocycles. The smallest absolute Gasteiger partial charge is 0.225 e. The average Bonchev–Trinajstić information content (AvgIpc) is 2.35. The van der Waals surface area contributed by atoms with Crippen LogP contribution in [0.4, 0.5) is 5.69 Å². The minimum atomic E-state index is -0.0729. The zero-order chi connectivity index (χ0) is 12.5. The summed E-state index contributed by atoms with van der Waals surface area (Å²) in [4.78, 5) is 11.6. The second-order valence-corrected chi connectivity index (χ2v) is 3.71. The quantitative estimate of drug-likeness (QED) is 0.735. The van der Waals surface area contributed by atoms with E-state index in [2.05, 4.69) is 17.6 Å². The van der Waals surface area contributed by atoms with E-state index in [1.807, 2.05) is 6.07 Å². The molecule has 0 fully saturated rings. The summed E-state index contributed by atoms with van der Waals surface area (Å²) in [6.07, 6.45) is 1.47. The van der Waals surface area contributed by atoms with Crippen molar-refractivity contribution >= 4 is 11.6 Å². The molecule has 1 aromatic carbocycles. The van der Waals surface area contributed by atoms with Crippen LogP contribution in [-0.4, -0.2) is 19.0 Å². The van der Waals surface area contributed by atoms with Crippen molar-refractivity contribution in [3.8, 4) is 6.07 Å². The fourth-order valence-electron chi connectivity index (χ4n) is 1.41. The molecular formula is C13H17N3O. The highest BCUT2D eigenvalue weighted by Gasteiger charge is 2.05. The number of carbonyl (C=O) groups is 1. The highest BCUT2D eigenvalue weighted by Crippen LogP contribution is 2.13. The van der Waals surface area contributed by atoms with Gasteiger partial charge in [0.05, 0.1) is 11.3 Å². The Bertz CT molecular complexity index is 409. The van der Waals surface area contributed by atoms with Gasteiger partial charge in [-0.25, -0.2) is 0 Å². The van der Waals surface area contributed by atoms with Crippen LogP contribution in [0.15, 0.2) is 24.3 Å². The molecule has 1 rings (SSSR count). The van der Waals surface area contributed by atoms with Gasteiger partial charge in [-0.1, -0.05) is 19.1 Å². The highest BCUT2D eigenvalue weighted by molar-refractivity contribution is 5.92. The third kappa shape index (κ3) is 4.66. The van der Waals surface area contributed by atoms with Gasteiger partial charge in [-0.05, 0) is 25.1 Å². The number of nitriles is 1. The number of anilines is 1. The Hall–Kier alpha value is -1.86. The molecule has 0 saturated carbocycles. The summed E-state index contributed by atoms with van der Waals surface area (Å²) in [5, 5.41) is 14.8. The number of carbonyl (C=O) groups excluding carboxylic acids is 1. The van der Waals surface area contributed by atoms with Crippen molar-refractivity contribution in [3.05, 3.63) is 29.8 Å². The molecule has 90 valence electrons. The zero-order valence-corrected chi connectivity index (χ0v) is 9.99. The number of nitrogens with one attached hydrogen (secondary N) is 2. The van der Waals surface area contributed by atoms with Gasteiger partial charge in [-0.2, -0.15) is 5.26 Å². The van der Waals surface area contributed by atoms with E-state index < -0.39 is 0 Å². The number of para-hydroxylation sites is 1.